The van der Waals surface area contributed by atoms with Gasteiger partial charge in [0.2, 0.25) is 11.1 Å². The van der Waals surface area contributed by atoms with Crippen molar-refractivity contribution in [3.05, 3.63) is 50.4 Å². The van der Waals surface area contributed by atoms with E-state index < -0.39 is 5.56 Å². The van der Waals surface area contributed by atoms with Crippen LogP contribution in [-0.4, -0.2) is 39.2 Å². The van der Waals surface area contributed by atoms with Gasteiger partial charge in [0.05, 0.1) is 0 Å². The maximum absolute atomic E-state index is 12.9. The number of H-pyrrole nitrogens is 1. The molecule has 0 fully saturated rings. The first-order valence-electron chi connectivity index (χ1n) is 10.1. The molecule has 0 aliphatic rings. The van der Waals surface area contributed by atoms with Crippen molar-refractivity contribution in [3.63, 3.8) is 0 Å². The van der Waals surface area contributed by atoms with Gasteiger partial charge in [-0.15, -0.1) is 0 Å². The molecule has 162 valence electrons. The largest absolute Gasteiger partial charge is 0.332 e. The Bertz CT molecular complexity index is 1290. The summed E-state index contributed by atoms with van der Waals surface area (Å²) in [6.07, 6.45) is 6.68. The highest BCUT2D eigenvalue weighted by Crippen LogP contribution is 2.13. The highest BCUT2D eigenvalue weighted by Gasteiger charge is 2.17. The lowest BCUT2D eigenvalue weighted by Gasteiger charge is -2.10. The molecule has 0 saturated carbocycles. The Morgan fingerprint density at radius 1 is 1.06 bits per heavy atom. The van der Waals surface area contributed by atoms with Crippen LogP contribution in [0.15, 0.2) is 32.6 Å². The van der Waals surface area contributed by atoms with Crippen molar-refractivity contribution in [3.8, 4) is 11.7 Å². The van der Waals surface area contributed by atoms with Gasteiger partial charge in [-0.25, -0.2) is 14.8 Å². The average molecular weight is 445 g/mol. The van der Waals surface area contributed by atoms with Crippen molar-refractivity contribution >= 4 is 22.8 Å². The maximum atomic E-state index is 12.9. The molecule has 11 nitrogen and oxygen atoms in total. The lowest BCUT2D eigenvalue weighted by atomic mass is 10.2. The van der Waals surface area contributed by atoms with Crippen molar-refractivity contribution in [2.75, 3.05) is 0 Å². The van der Waals surface area contributed by atoms with E-state index >= 15 is 0 Å². The second kappa shape index (κ2) is 9.21. The van der Waals surface area contributed by atoms with Crippen LogP contribution in [0.25, 0.3) is 22.9 Å². The first-order chi connectivity index (χ1) is 15.1. The summed E-state index contributed by atoms with van der Waals surface area (Å²) in [7, 11) is 0. The summed E-state index contributed by atoms with van der Waals surface area (Å²) in [4.78, 5) is 45.0. The third-order valence-electron chi connectivity index (χ3n) is 4.82. The Morgan fingerprint density at radius 3 is 2.61 bits per heavy atom. The maximum Gasteiger partial charge on any atom is 0.332 e. The van der Waals surface area contributed by atoms with Crippen LogP contribution in [0.2, 0.25) is 5.28 Å². The zero-order valence-electron chi connectivity index (χ0n) is 16.9. The number of unbranched alkanes of at least 4 members (excludes halogenated alkanes) is 2. The molecule has 0 radical (unpaired) electrons. The van der Waals surface area contributed by atoms with Gasteiger partial charge >= 0.3 is 5.69 Å². The molecule has 0 bridgehead atoms. The predicted molar refractivity (Wildman–Crippen MR) is 113 cm³/mol. The van der Waals surface area contributed by atoms with Crippen LogP contribution in [0.3, 0.4) is 0 Å². The number of imidazole rings is 1. The van der Waals surface area contributed by atoms with Crippen LogP contribution < -0.4 is 11.2 Å². The molecule has 0 spiro atoms. The smallest absolute Gasteiger partial charge is 0.330 e. The van der Waals surface area contributed by atoms with Gasteiger partial charge in [0, 0.05) is 31.9 Å². The molecular weight excluding hydrogens is 424 g/mol. The number of nitrogens with zero attached hydrogens (tertiary/aromatic N) is 7. The van der Waals surface area contributed by atoms with Crippen molar-refractivity contribution in [1.29, 1.82) is 0 Å². The van der Waals surface area contributed by atoms with E-state index in [0.29, 0.717) is 43.1 Å². The number of hydrogen-bond acceptors (Lipinski definition) is 8. The number of nitrogens with one attached hydrogen (secondary N) is 1. The molecule has 0 aromatic carbocycles. The molecule has 4 heterocycles. The van der Waals surface area contributed by atoms with Gasteiger partial charge in [0.1, 0.15) is 0 Å². The van der Waals surface area contributed by atoms with E-state index in [0.717, 1.165) is 12.8 Å². The van der Waals surface area contributed by atoms with Gasteiger partial charge in [-0.3, -0.25) is 13.9 Å². The van der Waals surface area contributed by atoms with E-state index in [9.17, 15) is 9.59 Å². The minimum Gasteiger partial charge on any atom is -0.330 e. The molecule has 0 aliphatic carbocycles. The second-order valence-corrected chi connectivity index (χ2v) is 7.37. The molecule has 4 aromatic heterocycles. The summed E-state index contributed by atoms with van der Waals surface area (Å²) in [5.41, 5.74) is -0.258. The first kappa shape index (κ1) is 20.9. The van der Waals surface area contributed by atoms with Gasteiger partial charge in [0.15, 0.2) is 17.0 Å². The van der Waals surface area contributed by atoms with E-state index in [1.165, 1.54) is 9.13 Å². The molecule has 0 amide bonds. The standard InChI is InChI=1S/C19H21ClN8O3/c1-2-3-10-27-15-13(24-18(20)25-15)17(29)28(19(27)30)11-5-4-7-12-23-16(31-26-12)14-21-8-6-9-22-14/h6,8-9H,2-5,7,10-11H2,1H3,(H,24,25). The summed E-state index contributed by atoms with van der Waals surface area (Å²) in [5, 5.41) is 4.02. The fourth-order valence-electron chi connectivity index (χ4n) is 3.26. The fourth-order valence-corrected chi connectivity index (χ4v) is 3.44. The highest BCUT2D eigenvalue weighted by atomic mass is 35.5. The average Bonchev–Trinajstić information content (AvgIpc) is 3.40. The molecule has 0 aliphatic heterocycles. The summed E-state index contributed by atoms with van der Waals surface area (Å²) in [5.74, 6) is 1.14. The molecule has 31 heavy (non-hydrogen) atoms. The Labute approximate surface area is 181 Å². The number of hydrogen-bond donors (Lipinski definition) is 1. The topological polar surface area (TPSA) is 137 Å². The minimum atomic E-state index is -0.421. The van der Waals surface area contributed by atoms with E-state index in [1.54, 1.807) is 18.5 Å². The van der Waals surface area contributed by atoms with Gasteiger partial charge in [-0.2, -0.15) is 9.97 Å². The lowest BCUT2D eigenvalue weighted by molar-refractivity contribution is 0.418. The zero-order valence-corrected chi connectivity index (χ0v) is 17.7. The lowest BCUT2D eigenvalue weighted by Crippen LogP contribution is -2.40. The minimum absolute atomic E-state index is 0.0878. The van der Waals surface area contributed by atoms with Crippen LogP contribution in [0, 0.1) is 0 Å². The van der Waals surface area contributed by atoms with E-state index in [4.69, 9.17) is 16.1 Å². The Balaban J connectivity index is 1.46. The van der Waals surface area contributed by atoms with Crippen molar-refractivity contribution in [2.24, 2.45) is 0 Å². The SMILES string of the molecule is CCCCn1c(=O)n(CCCCc2noc(-c3ncccn3)n2)c(=O)c2[nH]c(Cl)nc21. The summed E-state index contributed by atoms with van der Waals surface area (Å²) < 4.78 is 7.93. The fraction of sp³-hybridized carbons (Fsp3) is 0.421. The molecule has 4 aromatic rings. The first-order valence-corrected chi connectivity index (χ1v) is 10.4. The second-order valence-electron chi connectivity index (χ2n) is 7.02. The van der Waals surface area contributed by atoms with Crippen molar-refractivity contribution < 1.29 is 4.52 Å². The molecule has 4 rings (SSSR count). The van der Waals surface area contributed by atoms with Gasteiger partial charge in [-0.05, 0) is 36.9 Å². The number of fused-ring (bicyclic) bond motifs is 1. The molecule has 12 heteroatoms. The zero-order chi connectivity index (χ0) is 21.8. The van der Waals surface area contributed by atoms with Gasteiger partial charge < -0.3 is 9.51 Å². The number of rotatable bonds is 9. The van der Waals surface area contributed by atoms with E-state index in [1.807, 2.05) is 6.92 Å². The van der Waals surface area contributed by atoms with Gasteiger partial charge in [0.25, 0.3) is 11.4 Å². The van der Waals surface area contributed by atoms with Gasteiger partial charge in [-0.1, -0.05) is 18.5 Å². The van der Waals surface area contributed by atoms with Crippen LogP contribution in [0.4, 0.5) is 0 Å². The number of aromatic nitrogens is 8. The highest BCUT2D eigenvalue weighted by molar-refractivity contribution is 6.28. The van der Waals surface area contributed by atoms with Crippen molar-refractivity contribution in [1.82, 2.24) is 39.2 Å². The molecule has 0 saturated heterocycles. The number of halogens is 1. The monoisotopic (exact) mass is 444 g/mol. The molecule has 1 N–H and O–H groups in total. The number of aromatic amines is 1. The molecule has 0 atom stereocenters. The normalized spacial score (nSPS) is 11.4. The number of aryl methyl sites for hydroxylation is 2. The summed E-state index contributed by atoms with van der Waals surface area (Å²) in [6, 6.07) is 1.70. The van der Waals surface area contributed by atoms with Crippen LogP contribution in [0.5, 0.6) is 0 Å². The summed E-state index contributed by atoms with van der Waals surface area (Å²) >= 11 is 5.94. The van der Waals surface area contributed by atoms with Crippen LogP contribution in [-0.2, 0) is 19.5 Å². The third kappa shape index (κ3) is 4.41. The Kier molecular flexibility index (Phi) is 6.21. The summed E-state index contributed by atoms with van der Waals surface area (Å²) in [6.45, 7) is 2.77. The third-order valence-corrected chi connectivity index (χ3v) is 5.00. The van der Waals surface area contributed by atoms with Crippen LogP contribution in [0.1, 0.15) is 38.4 Å². The molecule has 0 unspecified atom stereocenters. The predicted octanol–water partition coefficient (Wildman–Crippen LogP) is 2.20. The van der Waals surface area contributed by atoms with Crippen LogP contribution >= 0.6 is 11.6 Å². The molecular formula is C19H21ClN8O3. The van der Waals surface area contributed by atoms with Crippen molar-refractivity contribution in [2.45, 2.75) is 52.1 Å². The van der Waals surface area contributed by atoms with E-state index in [-0.39, 0.29) is 28.9 Å². The quantitative estimate of drug-likeness (QED) is 0.306. The van der Waals surface area contributed by atoms with E-state index in [2.05, 4.69) is 30.1 Å². The Hall–Kier alpha value is -3.34. The Morgan fingerprint density at radius 2 is 1.84 bits per heavy atom.